The second kappa shape index (κ2) is 13.6. The molecule has 5 heterocycles. The zero-order valence-electron chi connectivity index (χ0n) is 30.1. The van der Waals surface area contributed by atoms with Crippen molar-refractivity contribution in [1.29, 1.82) is 0 Å². The molecule has 16 heteroatoms. The number of primary amides is 2. The molecule has 2 aliphatic heterocycles. The third-order valence-corrected chi connectivity index (χ3v) is 9.53. The van der Waals surface area contributed by atoms with E-state index in [1.54, 1.807) is 41.2 Å². The summed E-state index contributed by atoms with van der Waals surface area (Å²) in [5, 5.41) is 11.9. The predicted molar refractivity (Wildman–Crippen MR) is 201 cm³/mol. The van der Waals surface area contributed by atoms with Gasteiger partial charge in [-0.1, -0.05) is 12.2 Å². The molecule has 4 aromatic rings. The minimum atomic E-state index is -0.821. The number of benzene rings is 1. The summed E-state index contributed by atoms with van der Waals surface area (Å²) < 4.78 is 11.0. The van der Waals surface area contributed by atoms with Crippen LogP contribution in [0.1, 0.15) is 64.6 Å². The van der Waals surface area contributed by atoms with Gasteiger partial charge in [0.25, 0.3) is 5.91 Å². The monoisotopic (exact) mass is 716 g/mol. The fraction of sp³-hybridized carbons (Fsp3) is 0.324. The van der Waals surface area contributed by atoms with Crippen molar-refractivity contribution in [1.82, 2.24) is 29.1 Å². The Bertz CT molecular complexity index is 2380. The Morgan fingerprint density at radius 2 is 1.75 bits per heavy atom. The lowest BCUT2D eigenvalue weighted by Crippen LogP contribution is -2.42. The lowest BCUT2D eigenvalue weighted by molar-refractivity contribution is -0.114. The Labute approximate surface area is 304 Å². The summed E-state index contributed by atoms with van der Waals surface area (Å²) in [6.07, 6.45) is 10.3. The lowest BCUT2D eigenvalue weighted by Gasteiger charge is -2.33. The van der Waals surface area contributed by atoms with Crippen molar-refractivity contribution in [3.05, 3.63) is 88.1 Å². The topological polar surface area (TPSA) is 215 Å². The molecule has 3 amide bonds. The number of rotatable bonds is 12. The maximum Gasteiger partial charge on any atom is 0.276 e. The van der Waals surface area contributed by atoms with Crippen molar-refractivity contribution in [3.63, 3.8) is 0 Å². The number of hydrogen-bond acceptors (Lipinski definition) is 10. The molecule has 5 N–H and O–H groups in total. The number of anilines is 1. The van der Waals surface area contributed by atoms with Crippen molar-refractivity contribution < 1.29 is 19.1 Å². The van der Waals surface area contributed by atoms with E-state index in [0.29, 0.717) is 77.8 Å². The lowest BCUT2D eigenvalue weighted by atomic mass is 9.77. The molecule has 1 aliphatic carbocycles. The normalized spacial score (nSPS) is 19.1. The molecule has 1 aromatic carbocycles. The molecule has 0 bridgehead atoms. The first-order chi connectivity index (χ1) is 25.4. The van der Waals surface area contributed by atoms with E-state index in [1.165, 1.54) is 7.11 Å². The average molecular weight is 717 g/mol. The fourth-order valence-corrected chi connectivity index (χ4v) is 7.08. The van der Waals surface area contributed by atoms with E-state index in [-0.39, 0.29) is 23.5 Å². The standard InChI is InChI=1S/C37H40N12O4/c1-6-48-27(12-20(3)45-48)34-40-19-24-14-22(32(38)50)17-30-37(24,44-34)18-25(41-30)10-8-9-11-47-31-26(15-23(33(39)51)16-29(31)53-5)42-36(47)43-35(52)28-13-21(4)46-49(28)7-2/h8-9,12-17,19,25H,6-7,10-11,18H2,1-5H3,(H2,38,50)(H2,39,51)(H,42,43,52)/b9-8+. The Balaban J connectivity index is 1.19. The Morgan fingerprint density at radius 3 is 2.47 bits per heavy atom. The number of fused-ring (bicyclic) bond motifs is 1. The quantitative estimate of drug-likeness (QED) is 0.186. The first-order valence-corrected chi connectivity index (χ1v) is 17.3. The van der Waals surface area contributed by atoms with Crippen LogP contribution in [0, 0.1) is 13.8 Å². The first-order valence-electron chi connectivity index (χ1n) is 17.3. The number of aromatic nitrogens is 6. The number of ether oxygens (including phenoxy) is 1. The Hall–Kier alpha value is -6.45. The van der Waals surface area contributed by atoms with Gasteiger partial charge in [-0.15, -0.1) is 0 Å². The summed E-state index contributed by atoms with van der Waals surface area (Å²) in [7, 11) is 1.49. The third-order valence-electron chi connectivity index (χ3n) is 9.53. The number of amides is 3. The zero-order chi connectivity index (χ0) is 37.6. The smallest absolute Gasteiger partial charge is 0.276 e. The average Bonchev–Trinajstić information content (AvgIpc) is 3.90. The number of hydrogen-bond donors (Lipinski definition) is 3. The van der Waals surface area contributed by atoms with Crippen LogP contribution in [0.25, 0.3) is 11.0 Å². The van der Waals surface area contributed by atoms with Crippen molar-refractivity contribution in [3.8, 4) is 5.75 Å². The van der Waals surface area contributed by atoms with Crippen LogP contribution in [0.2, 0.25) is 0 Å². The number of aryl methyl sites for hydroxylation is 4. The molecule has 0 saturated heterocycles. The highest BCUT2D eigenvalue weighted by Gasteiger charge is 2.48. The van der Waals surface area contributed by atoms with Gasteiger partial charge < -0.3 is 20.8 Å². The molecule has 0 radical (unpaired) electrons. The second-order valence-electron chi connectivity index (χ2n) is 13.1. The highest BCUT2D eigenvalue weighted by atomic mass is 16.5. The highest BCUT2D eigenvalue weighted by molar-refractivity contribution is 6.21. The summed E-state index contributed by atoms with van der Waals surface area (Å²) in [5.41, 5.74) is 16.2. The number of nitrogens with zero attached hydrogens (tertiary/aromatic N) is 9. The molecule has 3 aliphatic rings. The van der Waals surface area contributed by atoms with Crippen LogP contribution in [0.4, 0.5) is 5.95 Å². The van der Waals surface area contributed by atoms with Gasteiger partial charge in [0.05, 0.1) is 35.8 Å². The van der Waals surface area contributed by atoms with Crippen LogP contribution in [0.3, 0.4) is 0 Å². The maximum absolute atomic E-state index is 13.5. The minimum Gasteiger partial charge on any atom is -0.494 e. The van der Waals surface area contributed by atoms with Gasteiger partial charge in [-0.05, 0) is 70.5 Å². The largest absolute Gasteiger partial charge is 0.494 e. The van der Waals surface area contributed by atoms with Crippen molar-refractivity contribution >= 4 is 52.5 Å². The minimum absolute atomic E-state index is 0.175. The Morgan fingerprint density at radius 1 is 1.00 bits per heavy atom. The molecule has 7 rings (SSSR count). The SMILES string of the molecule is CCn1nc(C)cc1C(=O)Nc1nc2cc(C(N)=O)cc(OC)c2n1C/C=C/CC1CC23N=C(c4cc(C)nn4CC)N=CC2=CC(C(N)=O)=CC3=N1. The van der Waals surface area contributed by atoms with Crippen LogP contribution in [-0.4, -0.2) is 83.3 Å². The van der Waals surface area contributed by atoms with E-state index in [0.717, 1.165) is 17.0 Å². The number of carbonyl (C=O) groups is 3. The van der Waals surface area contributed by atoms with Gasteiger partial charge >= 0.3 is 0 Å². The van der Waals surface area contributed by atoms with Crippen LogP contribution in [-0.2, 0) is 24.4 Å². The van der Waals surface area contributed by atoms with E-state index in [2.05, 4.69) is 25.5 Å². The van der Waals surface area contributed by atoms with Gasteiger partial charge in [0, 0.05) is 49.0 Å². The number of nitrogens with one attached hydrogen (secondary N) is 1. The van der Waals surface area contributed by atoms with E-state index < -0.39 is 17.4 Å². The van der Waals surface area contributed by atoms with E-state index in [4.69, 9.17) is 26.2 Å². The number of methoxy groups -OCH3 is 1. The number of allylic oxidation sites excluding steroid dienone is 1. The molecule has 3 aromatic heterocycles. The summed E-state index contributed by atoms with van der Waals surface area (Å²) >= 11 is 0. The van der Waals surface area contributed by atoms with Gasteiger partial charge in [0.2, 0.25) is 17.8 Å². The van der Waals surface area contributed by atoms with Gasteiger partial charge in [0.15, 0.2) is 5.84 Å². The molecule has 1 spiro atoms. The number of nitrogens with two attached hydrogens (primary N) is 2. The van der Waals surface area contributed by atoms with Crippen LogP contribution < -0.4 is 21.5 Å². The molecule has 0 fully saturated rings. The van der Waals surface area contributed by atoms with Crippen LogP contribution >= 0.6 is 0 Å². The molecular formula is C37H40N12O4. The van der Waals surface area contributed by atoms with Crippen LogP contribution in [0.15, 0.2) is 74.7 Å². The molecule has 53 heavy (non-hydrogen) atoms. The summed E-state index contributed by atoms with van der Waals surface area (Å²) in [5.74, 6) is -0.383. The maximum atomic E-state index is 13.5. The van der Waals surface area contributed by atoms with E-state index >= 15 is 0 Å². The first kappa shape index (κ1) is 35.0. The molecule has 2 unspecified atom stereocenters. The fourth-order valence-electron chi connectivity index (χ4n) is 7.08. The predicted octanol–water partition coefficient (Wildman–Crippen LogP) is 3.23. The molecule has 272 valence electrons. The van der Waals surface area contributed by atoms with Crippen molar-refractivity contribution in [2.24, 2.45) is 26.4 Å². The van der Waals surface area contributed by atoms with Crippen molar-refractivity contribution in [2.45, 2.75) is 71.8 Å². The summed E-state index contributed by atoms with van der Waals surface area (Å²) in [6.45, 7) is 9.14. The van der Waals surface area contributed by atoms with E-state index in [1.807, 2.05) is 55.2 Å². The van der Waals surface area contributed by atoms with Crippen molar-refractivity contribution in [2.75, 3.05) is 12.4 Å². The number of carbonyl (C=O) groups excluding carboxylic acids is 3. The summed E-state index contributed by atoms with van der Waals surface area (Å²) in [4.78, 5) is 57.5. The molecular weight excluding hydrogens is 676 g/mol. The van der Waals surface area contributed by atoms with E-state index in [9.17, 15) is 14.4 Å². The summed E-state index contributed by atoms with van der Waals surface area (Å²) in [6, 6.07) is 6.63. The van der Waals surface area contributed by atoms with Gasteiger partial charge in [-0.3, -0.25) is 34.1 Å². The number of aliphatic imine (C=N–C) groups is 3. The second-order valence-corrected chi connectivity index (χ2v) is 13.1. The molecule has 0 saturated carbocycles. The number of amidine groups is 1. The van der Waals surface area contributed by atoms with Gasteiger partial charge in [0.1, 0.15) is 28.2 Å². The van der Waals surface area contributed by atoms with Gasteiger partial charge in [-0.2, -0.15) is 10.2 Å². The molecule has 16 nitrogen and oxygen atoms in total. The third kappa shape index (κ3) is 6.25. The number of imidazole rings is 1. The zero-order valence-corrected chi connectivity index (χ0v) is 30.1. The van der Waals surface area contributed by atoms with Crippen LogP contribution in [0.5, 0.6) is 5.75 Å². The Kier molecular flexibility index (Phi) is 8.97. The molecule has 2 atom stereocenters. The highest BCUT2D eigenvalue weighted by Crippen LogP contribution is 2.42. The van der Waals surface area contributed by atoms with Gasteiger partial charge in [-0.25, -0.2) is 15.0 Å².